The maximum atomic E-state index is 12.4. The Bertz CT molecular complexity index is 810. The van der Waals surface area contributed by atoms with E-state index < -0.39 is 24.6 Å². The number of halogens is 1. The van der Waals surface area contributed by atoms with Gasteiger partial charge in [-0.15, -0.1) is 0 Å². The lowest BCUT2D eigenvalue weighted by molar-refractivity contribution is -0.147. The smallest absolute Gasteiger partial charge is 0.408 e. The summed E-state index contributed by atoms with van der Waals surface area (Å²) in [5.41, 5.74) is 1.64. The second-order valence-electron chi connectivity index (χ2n) is 6.35. The van der Waals surface area contributed by atoms with Crippen LogP contribution >= 0.6 is 17.7 Å². The van der Waals surface area contributed by atoms with Crippen molar-refractivity contribution < 1.29 is 23.6 Å². The number of carbonyl (C=O) groups is 2. The Hall–Kier alpha value is -2.30. The number of benzene rings is 2. The van der Waals surface area contributed by atoms with Crippen molar-refractivity contribution in [3.63, 3.8) is 0 Å². The van der Waals surface area contributed by atoms with E-state index in [2.05, 4.69) is 5.32 Å². The molecule has 150 valence electrons. The summed E-state index contributed by atoms with van der Waals surface area (Å²) in [5, 5.41) is 2.48. The van der Waals surface area contributed by atoms with Gasteiger partial charge in [0.1, 0.15) is 19.3 Å². The Labute approximate surface area is 169 Å². The normalized spacial score (nSPS) is 13.8. The first-order valence-electron chi connectivity index (χ1n) is 8.77. The molecule has 0 aromatic heterocycles. The van der Waals surface area contributed by atoms with Gasteiger partial charge in [-0.25, -0.2) is 9.59 Å². The van der Waals surface area contributed by atoms with Crippen LogP contribution in [0.25, 0.3) is 0 Å². The molecule has 2 unspecified atom stereocenters. The standard InChI is InChI=1S/C20H23ClNO5P/c1-28(21,25)13-12-18(19(23)26-14-16-8-4-2-5-9-16)22-20(24)27-15-17-10-6-3-7-11-17/h2-11,18H,12-15H2,1H3,(H,22,24). The number of nitrogens with one attached hydrogen (secondary N) is 1. The fourth-order valence-electron chi connectivity index (χ4n) is 2.34. The molecule has 28 heavy (non-hydrogen) atoms. The molecule has 0 aliphatic carbocycles. The van der Waals surface area contributed by atoms with Crippen LogP contribution in [0, 0.1) is 0 Å². The third-order valence-corrected chi connectivity index (χ3v) is 5.39. The monoisotopic (exact) mass is 423 g/mol. The van der Waals surface area contributed by atoms with Crippen molar-refractivity contribution in [1.29, 1.82) is 0 Å². The number of ether oxygens (including phenoxy) is 2. The first-order chi connectivity index (χ1) is 13.3. The molecule has 2 aromatic carbocycles. The molecule has 1 N–H and O–H groups in total. The number of rotatable bonds is 9. The molecule has 0 saturated heterocycles. The molecule has 0 aliphatic heterocycles. The summed E-state index contributed by atoms with van der Waals surface area (Å²) < 4.78 is 22.2. The summed E-state index contributed by atoms with van der Waals surface area (Å²) in [4.78, 5) is 24.5. The van der Waals surface area contributed by atoms with Gasteiger partial charge >= 0.3 is 12.1 Å². The topological polar surface area (TPSA) is 81.7 Å². The molecular formula is C20H23ClNO5P. The van der Waals surface area contributed by atoms with E-state index in [0.29, 0.717) is 0 Å². The summed E-state index contributed by atoms with van der Waals surface area (Å²) in [6.45, 7) is -1.32. The van der Waals surface area contributed by atoms with E-state index in [-0.39, 0.29) is 25.8 Å². The molecule has 0 bridgehead atoms. The third-order valence-electron chi connectivity index (χ3n) is 3.83. The third kappa shape index (κ3) is 8.59. The molecule has 0 heterocycles. The SMILES string of the molecule is CP(=O)(Cl)CCC(NC(=O)OCc1ccccc1)C(=O)OCc1ccccc1. The van der Waals surface area contributed by atoms with Gasteiger partial charge in [0.05, 0.1) is 0 Å². The predicted octanol–water partition coefficient (Wildman–Crippen LogP) is 4.56. The van der Waals surface area contributed by atoms with Gasteiger partial charge in [0.25, 0.3) is 0 Å². The van der Waals surface area contributed by atoms with Crippen LogP contribution in [0.5, 0.6) is 0 Å². The van der Waals surface area contributed by atoms with E-state index in [1.807, 2.05) is 60.7 Å². The van der Waals surface area contributed by atoms with Gasteiger partial charge in [0.2, 0.25) is 0 Å². The van der Waals surface area contributed by atoms with Gasteiger partial charge in [-0.05, 0) is 17.5 Å². The summed E-state index contributed by atoms with van der Waals surface area (Å²) in [6.07, 6.45) is -0.588. The fourth-order valence-corrected chi connectivity index (χ4v) is 3.36. The average Bonchev–Trinajstić information content (AvgIpc) is 2.68. The highest BCUT2D eigenvalue weighted by atomic mass is 35.7. The molecule has 2 atom stereocenters. The lowest BCUT2D eigenvalue weighted by Crippen LogP contribution is -2.42. The van der Waals surface area contributed by atoms with Crippen molar-refractivity contribution in [3.8, 4) is 0 Å². The van der Waals surface area contributed by atoms with Crippen LogP contribution in [0.3, 0.4) is 0 Å². The molecule has 2 rings (SSSR count). The summed E-state index contributed by atoms with van der Waals surface area (Å²) >= 11 is 5.79. The van der Waals surface area contributed by atoms with E-state index in [4.69, 9.17) is 20.7 Å². The number of amides is 1. The van der Waals surface area contributed by atoms with Crippen molar-refractivity contribution >= 4 is 29.8 Å². The Morgan fingerprint density at radius 1 is 0.964 bits per heavy atom. The maximum absolute atomic E-state index is 12.4. The van der Waals surface area contributed by atoms with Crippen molar-refractivity contribution in [2.24, 2.45) is 0 Å². The molecule has 8 heteroatoms. The van der Waals surface area contributed by atoms with Gasteiger partial charge in [-0.2, -0.15) is 0 Å². The number of hydrogen-bond acceptors (Lipinski definition) is 5. The zero-order valence-electron chi connectivity index (χ0n) is 15.5. The van der Waals surface area contributed by atoms with Crippen molar-refractivity contribution in [2.75, 3.05) is 12.8 Å². The summed E-state index contributed by atoms with van der Waals surface area (Å²) in [6, 6.07) is 17.3. The largest absolute Gasteiger partial charge is 0.459 e. The van der Waals surface area contributed by atoms with Gasteiger partial charge in [0.15, 0.2) is 6.49 Å². The number of hydrogen-bond donors (Lipinski definition) is 1. The highest BCUT2D eigenvalue weighted by Gasteiger charge is 2.25. The van der Waals surface area contributed by atoms with Crippen LogP contribution in [-0.4, -0.2) is 30.9 Å². The minimum absolute atomic E-state index is 0.0697. The van der Waals surface area contributed by atoms with E-state index in [1.54, 1.807) is 0 Å². The number of alkyl carbamates (subject to hydrolysis) is 1. The average molecular weight is 424 g/mol. The molecule has 0 radical (unpaired) electrons. The van der Waals surface area contributed by atoms with Crippen molar-refractivity contribution in [2.45, 2.75) is 25.7 Å². The Kier molecular flexibility index (Phi) is 8.55. The molecule has 2 aromatic rings. The predicted molar refractivity (Wildman–Crippen MR) is 109 cm³/mol. The van der Waals surface area contributed by atoms with Crippen LogP contribution in [0.15, 0.2) is 60.7 Å². The van der Waals surface area contributed by atoms with E-state index >= 15 is 0 Å². The van der Waals surface area contributed by atoms with Crippen LogP contribution < -0.4 is 5.32 Å². The van der Waals surface area contributed by atoms with Gasteiger partial charge in [0, 0.05) is 12.8 Å². The molecule has 1 amide bonds. The van der Waals surface area contributed by atoms with E-state index in [1.165, 1.54) is 6.66 Å². The second kappa shape index (κ2) is 10.9. The van der Waals surface area contributed by atoms with E-state index in [9.17, 15) is 14.2 Å². The van der Waals surface area contributed by atoms with Crippen LogP contribution in [0.1, 0.15) is 17.5 Å². The molecule has 0 spiro atoms. The molecule has 0 fully saturated rings. The second-order valence-corrected chi connectivity index (χ2v) is 10.9. The first-order valence-corrected chi connectivity index (χ1v) is 12.0. The van der Waals surface area contributed by atoms with Crippen molar-refractivity contribution in [3.05, 3.63) is 71.8 Å². The Morgan fingerprint density at radius 3 is 1.96 bits per heavy atom. The fraction of sp³-hybridized carbons (Fsp3) is 0.300. The van der Waals surface area contributed by atoms with Gasteiger partial charge in [-0.3, -0.25) is 0 Å². The van der Waals surface area contributed by atoms with Gasteiger partial charge in [-0.1, -0.05) is 71.9 Å². The maximum Gasteiger partial charge on any atom is 0.408 e. The zero-order chi connectivity index (χ0) is 20.4. The molecule has 0 aliphatic rings. The molecule has 0 saturated carbocycles. The molecular weight excluding hydrogens is 401 g/mol. The summed E-state index contributed by atoms with van der Waals surface area (Å²) in [7, 11) is 0. The lowest BCUT2D eigenvalue weighted by Gasteiger charge is -2.18. The van der Waals surface area contributed by atoms with E-state index in [0.717, 1.165) is 11.1 Å². The van der Waals surface area contributed by atoms with Gasteiger partial charge < -0.3 is 19.4 Å². The van der Waals surface area contributed by atoms with Crippen molar-refractivity contribution in [1.82, 2.24) is 5.32 Å². The van der Waals surface area contributed by atoms with Crippen LogP contribution in [-0.2, 0) is 32.0 Å². The first kappa shape index (κ1) is 22.0. The minimum Gasteiger partial charge on any atom is -0.459 e. The van der Waals surface area contributed by atoms with Crippen LogP contribution in [0.4, 0.5) is 4.79 Å². The quantitative estimate of drug-likeness (QED) is 0.472. The summed E-state index contributed by atoms with van der Waals surface area (Å²) in [5.74, 6) is -0.634. The molecule has 6 nitrogen and oxygen atoms in total. The number of carbonyl (C=O) groups excluding carboxylic acids is 2. The van der Waals surface area contributed by atoms with Crippen LogP contribution in [0.2, 0.25) is 0 Å². The highest BCUT2D eigenvalue weighted by Crippen LogP contribution is 2.47. The Morgan fingerprint density at radius 2 is 1.46 bits per heavy atom. The lowest BCUT2D eigenvalue weighted by atomic mass is 10.2. The Balaban J connectivity index is 1.92. The number of esters is 1. The zero-order valence-corrected chi connectivity index (χ0v) is 17.2. The highest BCUT2D eigenvalue weighted by molar-refractivity contribution is 7.88. The minimum atomic E-state index is -2.87.